The third-order valence-corrected chi connectivity index (χ3v) is 3.97. The van der Waals surface area contributed by atoms with Gasteiger partial charge in [-0.25, -0.2) is 0 Å². The van der Waals surface area contributed by atoms with E-state index in [0.717, 1.165) is 16.8 Å². The molecule has 2 N–H and O–H groups in total. The molecule has 0 spiro atoms. The summed E-state index contributed by atoms with van der Waals surface area (Å²) in [5.74, 6) is 0. The maximum Gasteiger partial charge on any atom is 0.272 e. The van der Waals surface area contributed by atoms with Gasteiger partial charge in [0.2, 0.25) is 0 Å². The highest BCUT2D eigenvalue weighted by atomic mass is 32.1. The van der Waals surface area contributed by atoms with E-state index in [0.29, 0.717) is 9.47 Å². The van der Waals surface area contributed by atoms with Crippen LogP contribution in [0.1, 0.15) is 11.8 Å². The summed E-state index contributed by atoms with van der Waals surface area (Å²) in [5.41, 5.74) is 0.684. The lowest BCUT2D eigenvalue weighted by Gasteiger charge is -2.02. The van der Waals surface area contributed by atoms with Crippen molar-refractivity contribution in [3.8, 4) is 0 Å². The number of fused-ring (bicyclic) bond motifs is 1. The lowest BCUT2D eigenvalue weighted by atomic mass is 10.3. The van der Waals surface area contributed by atoms with Crippen molar-refractivity contribution in [1.82, 2.24) is 9.55 Å². The Morgan fingerprint density at radius 2 is 2.38 bits per heavy atom. The van der Waals surface area contributed by atoms with Crippen molar-refractivity contribution >= 4 is 33.8 Å². The van der Waals surface area contributed by atoms with Crippen molar-refractivity contribution < 1.29 is 5.11 Å². The molecule has 0 fully saturated rings. The highest BCUT2D eigenvalue weighted by Crippen LogP contribution is 2.21. The molecule has 16 heavy (non-hydrogen) atoms. The minimum Gasteiger partial charge on any atom is -0.395 e. The molecule has 2 heterocycles. The van der Waals surface area contributed by atoms with Crippen LogP contribution in [0.15, 0.2) is 10.9 Å². The molecule has 0 aliphatic rings. The van der Waals surface area contributed by atoms with Crippen LogP contribution >= 0.6 is 23.6 Å². The number of hydrogen-bond acceptors (Lipinski definition) is 4. The van der Waals surface area contributed by atoms with E-state index in [1.165, 1.54) is 15.9 Å². The van der Waals surface area contributed by atoms with Crippen LogP contribution in [0.2, 0.25) is 0 Å². The molecule has 0 atom stereocenters. The first kappa shape index (κ1) is 11.5. The number of aryl methyl sites for hydroxylation is 1. The molecule has 0 aromatic carbocycles. The first-order valence-electron chi connectivity index (χ1n) is 5.03. The van der Waals surface area contributed by atoms with Gasteiger partial charge in [0.25, 0.3) is 5.56 Å². The first-order chi connectivity index (χ1) is 7.67. The third-order valence-electron chi connectivity index (χ3n) is 2.38. The quantitative estimate of drug-likeness (QED) is 0.821. The molecule has 0 saturated heterocycles. The van der Waals surface area contributed by atoms with E-state index >= 15 is 0 Å². The molecule has 2 aromatic rings. The fraction of sp³-hybridized carbons (Fsp3) is 0.400. The normalized spacial score (nSPS) is 11.1. The van der Waals surface area contributed by atoms with Crippen molar-refractivity contribution in [3.63, 3.8) is 0 Å². The summed E-state index contributed by atoms with van der Waals surface area (Å²) in [6.45, 7) is 2.20. The lowest BCUT2D eigenvalue weighted by Crippen LogP contribution is -2.22. The van der Waals surface area contributed by atoms with Crippen molar-refractivity contribution in [3.05, 3.63) is 26.1 Å². The minimum absolute atomic E-state index is 0.0884. The predicted octanol–water partition coefficient (Wildman–Crippen LogP) is 1.68. The van der Waals surface area contributed by atoms with Crippen LogP contribution in [-0.2, 0) is 13.0 Å². The summed E-state index contributed by atoms with van der Waals surface area (Å²) < 4.78 is 2.44. The number of nitrogens with one attached hydrogen (secondary N) is 1. The zero-order valence-corrected chi connectivity index (χ0v) is 10.5. The Morgan fingerprint density at radius 1 is 1.62 bits per heavy atom. The smallest absolute Gasteiger partial charge is 0.272 e. The Morgan fingerprint density at radius 3 is 3.00 bits per heavy atom. The van der Waals surface area contributed by atoms with E-state index < -0.39 is 0 Å². The lowest BCUT2D eigenvalue weighted by molar-refractivity contribution is 0.273. The fourth-order valence-electron chi connectivity index (χ4n) is 1.57. The molecule has 4 nitrogen and oxygen atoms in total. The van der Waals surface area contributed by atoms with Gasteiger partial charge in [-0.05, 0) is 24.7 Å². The van der Waals surface area contributed by atoms with Gasteiger partial charge in [0.15, 0.2) is 4.77 Å². The van der Waals surface area contributed by atoms with Crippen LogP contribution in [0.3, 0.4) is 0 Å². The number of aliphatic hydroxyl groups is 1. The van der Waals surface area contributed by atoms with E-state index in [1.54, 1.807) is 0 Å². The number of nitrogens with zero attached hydrogens (tertiary/aromatic N) is 1. The van der Waals surface area contributed by atoms with Crippen molar-refractivity contribution in [2.24, 2.45) is 0 Å². The number of rotatable bonds is 3. The Balaban J connectivity index is 2.76. The van der Waals surface area contributed by atoms with Crippen LogP contribution in [0.25, 0.3) is 10.2 Å². The minimum atomic E-state index is -0.113. The molecule has 2 aromatic heterocycles. The van der Waals surface area contributed by atoms with Gasteiger partial charge in [0.05, 0.1) is 18.7 Å². The number of aromatic nitrogens is 2. The monoisotopic (exact) mass is 256 g/mol. The predicted molar refractivity (Wildman–Crippen MR) is 67.7 cm³/mol. The Hall–Kier alpha value is -0.980. The van der Waals surface area contributed by atoms with Gasteiger partial charge in [-0.3, -0.25) is 9.36 Å². The van der Waals surface area contributed by atoms with Crippen LogP contribution in [0.4, 0.5) is 0 Å². The second-order valence-corrected chi connectivity index (χ2v) is 4.94. The Bertz CT molecular complexity index is 624. The zero-order chi connectivity index (χ0) is 11.7. The molecule has 0 saturated carbocycles. The summed E-state index contributed by atoms with van der Waals surface area (Å²) >= 11 is 6.56. The number of aliphatic hydroxyl groups excluding tert-OH is 1. The average molecular weight is 256 g/mol. The second kappa shape index (κ2) is 4.48. The third kappa shape index (κ3) is 1.83. The highest BCUT2D eigenvalue weighted by molar-refractivity contribution is 7.71. The Labute approximate surface area is 101 Å². The van der Waals surface area contributed by atoms with Gasteiger partial charge in [-0.15, -0.1) is 11.3 Å². The second-order valence-electron chi connectivity index (χ2n) is 3.42. The van der Waals surface area contributed by atoms with Crippen molar-refractivity contribution in [1.29, 1.82) is 0 Å². The van der Waals surface area contributed by atoms with Gasteiger partial charge in [-0.1, -0.05) is 6.92 Å². The molecule has 0 bridgehead atoms. The number of hydrogen-bond donors (Lipinski definition) is 2. The van der Waals surface area contributed by atoms with Crippen LogP contribution in [-0.4, -0.2) is 21.3 Å². The van der Waals surface area contributed by atoms with Crippen LogP contribution in [0.5, 0.6) is 0 Å². The molecular formula is C10H12N2O2S2. The van der Waals surface area contributed by atoms with E-state index in [9.17, 15) is 4.79 Å². The summed E-state index contributed by atoms with van der Waals surface area (Å²) in [6, 6.07) is 1.96. The molecule has 86 valence electrons. The highest BCUT2D eigenvalue weighted by Gasteiger charge is 2.08. The SMILES string of the molecule is CCc1cc2[nH]c(=S)n(CCO)c(=O)c2s1. The van der Waals surface area contributed by atoms with Gasteiger partial charge >= 0.3 is 0 Å². The maximum atomic E-state index is 12.0. The summed E-state index contributed by atoms with van der Waals surface area (Å²) in [5, 5.41) is 8.88. The molecule has 0 amide bonds. The van der Waals surface area contributed by atoms with E-state index in [2.05, 4.69) is 4.98 Å². The molecule has 0 aliphatic heterocycles. The molecule has 0 aliphatic carbocycles. The number of H-pyrrole nitrogens is 1. The first-order valence-corrected chi connectivity index (χ1v) is 6.26. The summed E-state index contributed by atoms with van der Waals surface area (Å²) in [4.78, 5) is 16.2. The molecule has 0 radical (unpaired) electrons. The number of thiophene rings is 1. The molecular weight excluding hydrogens is 244 g/mol. The topological polar surface area (TPSA) is 58.0 Å². The number of aromatic amines is 1. The van der Waals surface area contributed by atoms with E-state index in [1.807, 2.05) is 13.0 Å². The molecule has 6 heteroatoms. The summed E-state index contributed by atoms with van der Waals surface area (Å²) in [7, 11) is 0. The van der Waals surface area contributed by atoms with Crippen LogP contribution < -0.4 is 5.56 Å². The van der Waals surface area contributed by atoms with Gasteiger partial charge in [-0.2, -0.15) is 0 Å². The van der Waals surface area contributed by atoms with Crippen LogP contribution in [0, 0.1) is 4.77 Å². The van der Waals surface area contributed by atoms with E-state index in [-0.39, 0.29) is 18.7 Å². The fourth-order valence-corrected chi connectivity index (χ4v) is 2.85. The molecule has 0 unspecified atom stereocenters. The van der Waals surface area contributed by atoms with Crippen molar-refractivity contribution in [2.75, 3.05) is 6.61 Å². The van der Waals surface area contributed by atoms with Gasteiger partial charge in [0.1, 0.15) is 4.70 Å². The standard InChI is InChI=1S/C10H12N2O2S2/c1-2-6-5-7-8(16-6)9(14)12(3-4-13)10(15)11-7/h5,13H,2-4H2,1H3,(H,11,15). The maximum absolute atomic E-state index is 12.0. The molecule has 2 rings (SSSR count). The largest absolute Gasteiger partial charge is 0.395 e. The van der Waals surface area contributed by atoms with Gasteiger partial charge in [0, 0.05) is 4.88 Å². The zero-order valence-electron chi connectivity index (χ0n) is 8.82. The van der Waals surface area contributed by atoms with Gasteiger partial charge < -0.3 is 10.1 Å². The van der Waals surface area contributed by atoms with E-state index in [4.69, 9.17) is 17.3 Å². The van der Waals surface area contributed by atoms with Crippen molar-refractivity contribution in [2.45, 2.75) is 19.9 Å². The Kier molecular flexibility index (Phi) is 3.22. The average Bonchev–Trinajstić information content (AvgIpc) is 2.67. The summed E-state index contributed by atoms with van der Waals surface area (Å²) in [6.07, 6.45) is 0.902.